The fraction of sp³-hybridized carbons (Fsp3) is 1.00. The second-order valence-corrected chi connectivity index (χ2v) is 5.85. The minimum absolute atomic E-state index is 0.106. The first-order chi connectivity index (χ1) is 6.00. The van der Waals surface area contributed by atoms with Crippen LogP contribution in [0.5, 0.6) is 0 Å². The predicted octanol–water partition coefficient (Wildman–Crippen LogP) is 0.175. The zero-order chi connectivity index (χ0) is 10.3. The Morgan fingerprint density at radius 2 is 1.92 bits per heavy atom. The first-order valence-corrected chi connectivity index (χ1v) is 6.21. The van der Waals surface area contributed by atoms with Crippen LogP contribution in [0, 0.1) is 0 Å². The van der Waals surface area contributed by atoms with Crippen LogP contribution in [0.15, 0.2) is 0 Å². The SMILES string of the molecule is CC(C)S(=O)(=O)CCOCCCN. The van der Waals surface area contributed by atoms with E-state index in [2.05, 4.69) is 0 Å². The molecule has 0 fully saturated rings. The zero-order valence-electron chi connectivity index (χ0n) is 8.32. The van der Waals surface area contributed by atoms with E-state index in [9.17, 15) is 8.42 Å². The van der Waals surface area contributed by atoms with E-state index in [0.29, 0.717) is 13.2 Å². The standard InChI is InChI=1S/C8H19NO3S/c1-8(2)13(10,11)7-6-12-5-3-4-9/h8H,3-7,9H2,1-2H3. The topological polar surface area (TPSA) is 69.4 Å². The molecule has 0 heterocycles. The normalized spacial score (nSPS) is 12.3. The van der Waals surface area contributed by atoms with Crippen LogP contribution < -0.4 is 5.73 Å². The van der Waals surface area contributed by atoms with Crippen molar-refractivity contribution in [3.63, 3.8) is 0 Å². The minimum atomic E-state index is -2.94. The summed E-state index contributed by atoms with van der Waals surface area (Å²) in [6.45, 7) is 4.76. The highest BCUT2D eigenvalue weighted by Gasteiger charge is 2.14. The molecule has 0 aromatic heterocycles. The number of nitrogens with two attached hydrogens (primary N) is 1. The highest BCUT2D eigenvalue weighted by molar-refractivity contribution is 7.91. The van der Waals surface area contributed by atoms with Crippen molar-refractivity contribution in [2.24, 2.45) is 5.73 Å². The van der Waals surface area contributed by atoms with Crippen molar-refractivity contribution in [2.45, 2.75) is 25.5 Å². The predicted molar refractivity (Wildman–Crippen MR) is 53.4 cm³/mol. The zero-order valence-corrected chi connectivity index (χ0v) is 9.14. The molecule has 0 saturated heterocycles. The molecule has 0 aliphatic carbocycles. The van der Waals surface area contributed by atoms with E-state index in [-0.39, 0.29) is 17.6 Å². The first-order valence-electron chi connectivity index (χ1n) is 4.50. The molecule has 0 aliphatic heterocycles. The van der Waals surface area contributed by atoms with Crippen LogP contribution in [0.1, 0.15) is 20.3 Å². The van der Waals surface area contributed by atoms with Gasteiger partial charge < -0.3 is 10.5 Å². The van der Waals surface area contributed by atoms with Gasteiger partial charge in [0.2, 0.25) is 0 Å². The van der Waals surface area contributed by atoms with Crippen LogP contribution in [-0.4, -0.2) is 39.2 Å². The summed E-state index contributed by atoms with van der Waals surface area (Å²) in [6.07, 6.45) is 0.779. The molecule has 0 atom stereocenters. The van der Waals surface area contributed by atoms with Crippen LogP contribution in [0.25, 0.3) is 0 Å². The van der Waals surface area contributed by atoms with Gasteiger partial charge in [-0.25, -0.2) is 8.42 Å². The van der Waals surface area contributed by atoms with Gasteiger partial charge in [-0.2, -0.15) is 0 Å². The van der Waals surface area contributed by atoms with E-state index in [0.717, 1.165) is 6.42 Å². The Balaban J connectivity index is 3.53. The molecule has 80 valence electrons. The largest absolute Gasteiger partial charge is 0.380 e. The highest BCUT2D eigenvalue weighted by atomic mass is 32.2. The average Bonchev–Trinajstić information content (AvgIpc) is 2.03. The molecule has 4 nitrogen and oxygen atoms in total. The third-order valence-electron chi connectivity index (χ3n) is 1.72. The molecule has 13 heavy (non-hydrogen) atoms. The molecule has 0 aromatic carbocycles. The molecule has 0 aliphatic rings. The fourth-order valence-electron chi connectivity index (χ4n) is 0.698. The van der Waals surface area contributed by atoms with Gasteiger partial charge in [-0.1, -0.05) is 0 Å². The monoisotopic (exact) mass is 209 g/mol. The van der Waals surface area contributed by atoms with Gasteiger partial charge in [0.05, 0.1) is 17.6 Å². The van der Waals surface area contributed by atoms with E-state index in [1.54, 1.807) is 13.8 Å². The summed E-state index contributed by atoms with van der Waals surface area (Å²) >= 11 is 0. The molecule has 0 radical (unpaired) electrons. The molecule has 2 N–H and O–H groups in total. The first kappa shape index (κ1) is 12.9. The summed E-state index contributed by atoms with van der Waals surface area (Å²) in [5, 5.41) is -0.314. The van der Waals surface area contributed by atoms with E-state index in [1.165, 1.54) is 0 Å². The lowest BCUT2D eigenvalue weighted by Crippen LogP contribution is -2.21. The second kappa shape index (κ2) is 6.34. The Morgan fingerprint density at radius 3 is 2.38 bits per heavy atom. The lowest BCUT2D eigenvalue weighted by Gasteiger charge is -2.07. The lowest BCUT2D eigenvalue weighted by atomic mass is 10.5. The van der Waals surface area contributed by atoms with Crippen LogP contribution in [0.2, 0.25) is 0 Å². The van der Waals surface area contributed by atoms with Crippen LogP contribution in [-0.2, 0) is 14.6 Å². The number of ether oxygens (including phenoxy) is 1. The van der Waals surface area contributed by atoms with Gasteiger partial charge in [-0.3, -0.25) is 0 Å². The maximum atomic E-state index is 11.3. The highest BCUT2D eigenvalue weighted by Crippen LogP contribution is 2.00. The third-order valence-corrected chi connectivity index (χ3v) is 3.90. The van der Waals surface area contributed by atoms with Crippen molar-refractivity contribution < 1.29 is 13.2 Å². The number of hydrogen-bond acceptors (Lipinski definition) is 4. The van der Waals surface area contributed by atoms with Crippen molar-refractivity contribution in [1.82, 2.24) is 0 Å². The molecular formula is C8H19NO3S. The summed E-state index contributed by atoms with van der Waals surface area (Å²) in [6, 6.07) is 0. The van der Waals surface area contributed by atoms with Crippen LogP contribution in [0.3, 0.4) is 0 Å². The Bertz CT molecular complexity index is 211. The molecule has 0 bridgehead atoms. The van der Waals surface area contributed by atoms with Gasteiger partial charge >= 0.3 is 0 Å². The molecule has 0 spiro atoms. The van der Waals surface area contributed by atoms with E-state index in [4.69, 9.17) is 10.5 Å². The summed E-state index contributed by atoms with van der Waals surface area (Å²) in [4.78, 5) is 0. The van der Waals surface area contributed by atoms with Crippen molar-refractivity contribution in [3.05, 3.63) is 0 Å². The number of rotatable bonds is 7. The van der Waals surface area contributed by atoms with Crippen molar-refractivity contribution in [2.75, 3.05) is 25.5 Å². The summed E-state index contributed by atoms with van der Waals surface area (Å²) in [5.41, 5.74) is 5.25. The summed E-state index contributed by atoms with van der Waals surface area (Å²) in [5.74, 6) is 0.106. The fourth-order valence-corrected chi connectivity index (χ4v) is 1.52. The maximum absolute atomic E-state index is 11.3. The molecule has 0 aromatic rings. The van der Waals surface area contributed by atoms with Gasteiger partial charge in [-0.05, 0) is 26.8 Å². The molecule has 0 rings (SSSR count). The molecule has 0 saturated carbocycles. The van der Waals surface area contributed by atoms with E-state index in [1.807, 2.05) is 0 Å². The van der Waals surface area contributed by atoms with Gasteiger partial charge in [-0.15, -0.1) is 0 Å². The van der Waals surface area contributed by atoms with Crippen LogP contribution >= 0.6 is 0 Å². The quantitative estimate of drug-likeness (QED) is 0.607. The van der Waals surface area contributed by atoms with Gasteiger partial charge in [0.15, 0.2) is 9.84 Å². The lowest BCUT2D eigenvalue weighted by molar-refractivity contribution is 0.148. The Hall–Kier alpha value is -0.130. The molecule has 0 amide bonds. The summed E-state index contributed by atoms with van der Waals surface area (Å²) < 4.78 is 27.6. The second-order valence-electron chi connectivity index (χ2n) is 3.17. The Morgan fingerprint density at radius 1 is 1.31 bits per heavy atom. The van der Waals surface area contributed by atoms with Crippen molar-refractivity contribution in [1.29, 1.82) is 0 Å². The minimum Gasteiger partial charge on any atom is -0.380 e. The Kier molecular flexibility index (Phi) is 6.28. The third kappa shape index (κ3) is 6.01. The maximum Gasteiger partial charge on any atom is 0.154 e. The smallest absolute Gasteiger partial charge is 0.154 e. The van der Waals surface area contributed by atoms with Gasteiger partial charge in [0.1, 0.15) is 0 Å². The molecule has 5 heteroatoms. The van der Waals surface area contributed by atoms with Gasteiger partial charge in [0, 0.05) is 6.61 Å². The average molecular weight is 209 g/mol. The van der Waals surface area contributed by atoms with Crippen molar-refractivity contribution in [3.8, 4) is 0 Å². The Labute approximate surface area is 80.4 Å². The van der Waals surface area contributed by atoms with Gasteiger partial charge in [0.25, 0.3) is 0 Å². The van der Waals surface area contributed by atoms with E-state index < -0.39 is 9.84 Å². The van der Waals surface area contributed by atoms with E-state index >= 15 is 0 Å². The van der Waals surface area contributed by atoms with Crippen molar-refractivity contribution >= 4 is 9.84 Å². The van der Waals surface area contributed by atoms with Crippen LogP contribution in [0.4, 0.5) is 0 Å². The number of sulfone groups is 1. The molecular weight excluding hydrogens is 190 g/mol. The molecule has 0 unspecified atom stereocenters. The summed E-state index contributed by atoms with van der Waals surface area (Å²) in [7, 11) is -2.94. The number of hydrogen-bond donors (Lipinski definition) is 1.